The first-order chi connectivity index (χ1) is 11.7. The fourth-order valence-corrected chi connectivity index (χ4v) is 2.76. The highest BCUT2D eigenvalue weighted by Gasteiger charge is 1.93. The topological polar surface area (TPSA) is 68.8 Å². The molecule has 0 amide bonds. The Morgan fingerprint density at radius 1 is 0.640 bits per heavy atom. The van der Waals surface area contributed by atoms with Crippen LogP contribution in [-0.2, 0) is 4.79 Å². The average Bonchev–Trinajstić information content (AvgIpc) is 2.56. The standard InChI is InChI=1S/C18H38.C4H6O2.H2O/c1-3-5-7-9-11-13-15-17-18-16-14-12-10-8-6-4-2;1-2-3-4(5)6;/h3-18H2,1-2H3;2-3H,1H3,(H,5,6);1H2. The van der Waals surface area contributed by atoms with E-state index < -0.39 is 5.97 Å². The molecular formula is C22H46O3. The summed E-state index contributed by atoms with van der Waals surface area (Å²) in [4.78, 5) is 9.51. The molecule has 0 aliphatic carbocycles. The second-order valence-corrected chi connectivity index (χ2v) is 6.79. The third-order valence-corrected chi connectivity index (χ3v) is 4.27. The number of aliphatic carboxylic acids is 1. The quantitative estimate of drug-likeness (QED) is 0.236. The molecule has 3 nitrogen and oxygen atoms in total. The van der Waals surface area contributed by atoms with E-state index >= 15 is 0 Å². The lowest BCUT2D eigenvalue weighted by Gasteiger charge is -2.03. The summed E-state index contributed by atoms with van der Waals surface area (Å²) in [6.45, 7) is 6.25. The van der Waals surface area contributed by atoms with Gasteiger partial charge in [-0.2, -0.15) is 0 Å². The second kappa shape index (κ2) is 28.0. The van der Waals surface area contributed by atoms with Crippen LogP contribution in [0.3, 0.4) is 0 Å². The molecule has 0 aliphatic rings. The monoisotopic (exact) mass is 358 g/mol. The third kappa shape index (κ3) is 35.2. The third-order valence-electron chi connectivity index (χ3n) is 4.27. The van der Waals surface area contributed by atoms with E-state index in [0.29, 0.717) is 0 Å². The van der Waals surface area contributed by atoms with Crippen LogP contribution in [0.2, 0.25) is 0 Å². The lowest BCUT2D eigenvalue weighted by molar-refractivity contribution is -0.131. The summed E-state index contributed by atoms with van der Waals surface area (Å²) in [5, 5.41) is 7.83. The molecule has 0 aromatic rings. The molecule has 0 fully saturated rings. The van der Waals surface area contributed by atoms with Gasteiger partial charge in [-0.25, -0.2) is 4.79 Å². The number of carboxylic acid groups (broad SMARTS) is 1. The van der Waals surface area contributed by atoms with Crippen molar-refractivity contribution >= 4 is 5.97 Å². The van der Waals surface area contributed by atoms with Gasteiger partial charge >= 0.3 is 5.97 Å². The van der Waals surface area contributed by atoms with Crippen LogP contribution in [0.4, 0.5) is 0 Å². The molecule has 0 aromatic heterocycles. The lowest BCUT2D eigenvalue weighted by atomic mass is 10.0. The van der Waals surface area contributed by atoms with E-state index in [1.54, 1.807) is 6.92 Å². The highest BCUT2D eigenvalue weighted by atomic mass is 16.4. The van der Waals surface area contributed by atoms with E-state index in [4.69, 9.17) is 5.11 Å². The number of hydrogen-bond donors (Lipinski definition) is 1. The van der Waals surface area contributed by atoms with Gasteiger partial charge in [0, 0.05) is 6.08 Å². The van der Waals surface area contributed by atoms with E-state index in [-0.39, 0.29) is 5.48 Å². The van der Waals surface area contributed by atoms with Gasteiger partial charge in [0.2, 0.25) is 0 Å². The summed E-state index contributed by atoms with van der Waals surface area (Å²) in [6, 6.07) is 0. The van der Waals surface area contributed by atoms with Crippen molar-refractivity contribution in [2.24, 2.45) is 0 Å². The van der Waals surface area contributed by atoms with Crippen molar-refractivity contribution in [1.29, 1.82) is 0 Å². The predicted octanol–water partition coefficient (Wildman–Crippen LogP) is 7.09. The van der Waals surface area contributed by atoms with Crippen LogP contribution in [-0.4, -0.2) is 16.6 Å². The minimum absolute atomic E-state index is 0. The minimum Gasteiger partial charge on any atom is -0.478 e. The molecule has 0 aliphatic heterocycles. The van der Waals surface area contributed by atoms with Crippen molar-refractivity contribution in [2.45, 2.75) is 124 Å². The number of allylic oxidation sites excluding steroid dienone is 1. The van der Waals surface area contributed by atoms with Gasteiger partial charge in [-0.1, -0.05) is 123 Å². The summed E-state index contributed by atoms with van der Waals surface area (Å²) in [6.07, 6.45) is 26.0. The number of unbranched alkanes of at least 4 members (excludes halogenated alkanes) is 15. The fourth-order valence-electron chi connectivity index (χ4n) is 2.76. The zero-order valence-corrected chi connectivity index (χ0v) is 17.3. The van der Waals surface area contributed by atoms with Crippen molar-refractivity contribution in [3.05, 3.63) is 12.2 Å². The molecule has 152 valence electrons. The maximum atomic E-state index is 9.51. The molecule has 0 heterocycles. The van der Waals surface area contributed by atoms with Gasteiger partial charge in [-0.3, -0.25) is 0 Å². The van der Waals surface area contributed by atoms with Crippen molar-refractivity contribution in [1.82, 2.24) is 0 Å². The van der Waals surface area contributed by atoms with E-state index in [1.807, 2.05) is 0 Å². The lowest BCUT2D eigenvalue weighted by Crippen LogP contribution is -1.83. The maximum absolute atomic E-state index is 9.51. The first kappa shape index (κ1) is 29.0. The normalized spacial score (nSPS) is 10.2. The van der Waals surface area contributed by atoms with Gasteiger partial charge < -0.3 is 10.6 Å². The zero-order chi connectivity index (χ0) is 18.3. The predicted molar refractivity (Wildman–Crippen MR) is 111 cm³/mol. The highest BCUT2D eigenvalue weighted by Crippen LogP contribution is 2.13. The average molecular weight is 359 g/mol. The highest BCUT2D eigenvalue weighted by molar-refractivity contribution is 5.79. The summed E-state index contributed by atoms with van der Waals surface area (Å²) < 4.78 is 0. The summed E-state index contributed by atoms with van der Waals surface area (Å²) >= 11 is 0. The van der Waals surface area contributed by atoms with Crippen LogP contribution in [0.5, 0.6) is 0 Å². The largest absolute Gasteiger partial charge is 0.478 e. The molecule has 0 unspecified atom stereocenters. The molecule has 3 N–H and O–H groups in total. The minimum atomic E-state index is -0.891. The Balaban J connectivity index is -0.000000592. The number of rotatable bonds is 16. The maximum Gasteiger partial charge on any atom is 0.327 e. The first-order valence-corrected chi connectivity index (χ1v) is 10.5. The van der Waals surface area contributed by atoms with E-state index in [0.717, 1.165) is 6.08 Å². The van der Waals surface area contributed by atoms with Crippen molar-refractivity contribution in [3.8, 4) is 0 Å². The fraction of sp³-hybridized carbons (Fsp3) is 0.864. The second-order valence-electron chi connectivity index (χ2n) is 6.79. The molecule has 0 saturated carbocycles. The molecule has 0 saturated heterocycles. The van der Waals surface area contributed by atoms with Gasteiger partial charge in [-0.15, -0.1) is 0 Å². The van der Waals surface area contributed by atoms with Crippen LogP contribution in [0.1, 0.15) is 124 Å². The molecule has 0 aromatic carbocycles. The van der Waals surface area contributed by atoms with Gasteiger partial charge in [0.25, 0.3) is 0 Å². The Morgan fingerprint density at radius 2 is 0.880 bits per heavy atom. The number of carboxylic acids is 1. The van der Waals surface area contributed by atoms with Crippen LogP contribution in [0, 0.1) is 0 Å². The molecule has 0 atom stereocenters. The Hall–Kier alpha value is -0.830. The SMILES string of the molecule is CC=CC(=O)O.CCCCCCCCCCCCCCCCCC.O. The van der Waals surface area contributed by atoms with Crippen LogP contribution in [0.15, 0.2) is 12.2 Å². The number of carbonyl (C=O) groups is 1. The van der Waals surface area contributed by atoms with E-state index in [2.05, 4.69) is 13.8 Å². The molecule has 3 heteroatoms. The van der Waals surface area contributed by atoms with Crippen LogP contribution < -0.4 is 0 Å². The van der Waals surface area contributed by atoms with Gasteiger partial charge in [-0.05, 0) is 6.92 Å². The smallest absolute Gasteiger partial charge is 0.327 e. The van der Waals surface area contributed by atoms with Crippen LogP contribution in [0.25, 0.3) is 0 Å². The summed E-state index contributed by atoms with van der Waals surface area (Å²) in [7, 11) is 0. The van der Waals surface area contributed by atoms with Gasteiger partial charge in [0.15, 0.2) is 0 Å². The van der Waals surface area contributed by atoms with E-state index in [1.165, 1.54) is 109 Å². The van der Waals surface area contributed by atoms with Crippen molar-refractivity contribution < 1.29 is 15.4 Å². The van der Waals surface area contributed by atoms with Crippen molar-refractivity contribution in [2.75, 3.05) is 0 Å². The van der Waals surface area contributed by atoms with Gasteiger partial charge in [0.1, 0.15) is 0 Å². The Bertz CT molecular complexity index is 246. The number of hydrogen-bond acceptors (Lipinski definition) is 1. The molecule has 25 heavy (non-hydrogen) atoms. The molecule has 0 radical (unpaired) electrons. The Labute approximate surface area is 157 Å². The first-order valence-electron chi connectivity index (χ1n) is 10.5. The van der Waals surface area contributed by atoms with Crippen LogP contribution >= 0.6 is 0 Å². The van der Waals surface area contributed by atoms with Crippen molar-refractivity contribution in [3.63, 3.8) is 0 Å². The Kier molecular flexibility index (Phi) is 32.4. The van der Waals surface area contributed by atoms with E-state index in [9.17, 15) is 4.79 Å². The zero-order valence-electron chi connectivity index (χ0n) is 17.3. The molecular weight excluding hydrogens is 312 g/mol. The van der Waals surface area contributed by atoms with Gasteiger partial charge in [0.05, 0.1) is 0 Å². The summed E-state index contributed by atoms with van der Waals surface area (Å²) in [5.41, 5.74) is 0. The molecule has 0 rings (SSSR count). The molecule has 0 bridgehead atoms. The molecule has 0 spiro atoms. The Morgan fingerprint density at radius 3 is 1.00 bits per heavy atom. The summed E-state index contributed by atoms with van der Waals surface area (Å²) in [5.74, 6) is -0.891.